The lowest BCUT2D eigenvalue weighted by Gasteiger charge is -2.16. The highest BCUT2D eigenvalue weighted by atomic mass is 127. The van der Waals surface area contributed by atoms with Crippen molar-refractivity contribution < 1.29 is 19.3 Å². The Morgan fingerprint density at radius 1 is 1.67 bits per heavy atom. The van der Waals surface area contributed by atoms with Gasteiger partial charge in [-0.3, -0.25) is 4.57 Å². The van der Waals surface area contributed by atoms with E-state index < -0.39 is 36.9 Å². The summed E-state index contributed by atoms with van der Waals surface area (Å²) >= 11 is 1.84. The van der Waals surface area contributed by atoms with Gasteiger partial charge < -0.3 is 20.7 Å². The van der Waals surface area contributed by atoms with E-state index >= 15 is 0 Å². The summed E-state index contributed by atoms with van der Waals surface area (Å²) in [6, 6.07) is 0. The lowest BCUT2D eigenvalue weighted by molar-refractivity contribution is -0.0491. The molecule has 4 N–H and O–H groups in total. The quantitative estimate of drug-likeness (QED) is 0.577. The summed E-state index contributed by atoms with van der Waals surface area (Å²) in [5.41, 5.74) is 4.68. The molecular formula is C9H11FIN3O4. The molecular weight excluding hydrogens is 360 g/mol. The number of nitrogens with zero attached hydrogens (tertiary/aromatic N) is 2. The van der Waals surface area contributed by atoms with Crippen molar-refractivity contribution in [1.29, 1.82) is 0 Å². The summed E-state index contributed by atoms with van der Waals surface area (Å²) in [5, 5.41) is 18.4. The van der Waals surface area contributed by atoms with E-state index in [1.54, 1.807) is 0 Å². The van der Waals surface area contributed by atoms with Gasteiger partial charge in [0, 0.05) is 6.20 Å². The van der Waals surface area contributed by atoms with Gasteiger partial charge in [0.05, 0.1) is 10.2 Å². The molecule has 1 aliphatic rings. The standard InChI is InChI=1S/C9H11FIN3O4/c10-5-6(16)4(2-15)18-8(5)14-1-3(11)7(12)13-9(14)17/h1,4-6,8,15-16H,2H2,(H2,12,13,17)/t4-,5+,6?,8-/m1/s1. The number of rotatable bonds is 2. The van der Waals surface area contributed by atoms with Gasteiger partial charge in [-0.1, -0.05) is 0 Å². The van der Waals surface area contributed by atoms with E-state index in [2.05, 4.69) is 4.98 Å². The number of nitrogen functional groups attached to an aromatic ring is 1. The summed E-state index contributed by atoms with van der Waals surface area (Å²) in [6.07, 6.45) is -4.38. The maximum atomic E-state index is 13.8. The predicted molar refractivity (Wildman–Crippen MR) is 67.5 cm³/mol. The molecule has 0 saturated carbocycles. The molecule has 1 fully saturated rings. The van der Waals surface area contributed by atoms with E-state index in [1.165, 1.54) is 6.20 Å². The maximum absolute atomic E-state index is 13.8. The number of aliphatic hydroxyl groups is 2. The van der Waals surface area contributed by atoms with Crippen LogP contribution in [0, 0.1) is 3.57 Å². The van der Waals surface area contributed by atoms with Gasteiger partial charge in [0.1, 0.15) is 18.0 Å². The van der Waals surface area contributed by atoms with Gasteiger partial charge >= 0.3 is 5.69 Å². The van der Waals surface area contributed by atoms with Crippen LogP contribution in [0.5, 0.6) is 0 Å². The first-order valence-electron chi connectivity index (χ1n) is 5.08. The Morgan fingerprint density at radius 3 is 2.89 bits per heavy atom. The van der Waals surface area contributed by atoms with Gasteiger partial charge in [-0.05, 0) is 22.6 Å². The molecule has 1 aromatic heterocycles. The molecule has 2 rings (SSSR count). The van der Waals surface area contributed by atoms with E-state index in [0.717, 1.165) is 4.57 Å². The summed E-state index contributed by atoms with van der Waals surface area (Å²) in [7, 11) is 0. The van der Waals surface area contributed by atoms with Crippen molar-refractivity contribution in [2.45, 2.75) is 24.6 Å². The van der Waals surface area contributed by atoms with Gasteiger partial charge in [-0.25, -0.2) is 9.18 Å². The van der Waals surface area contributed by atoms with Crippen molar-refractivity contribution in [2.24, 2.45) is 0 Å². The number of aromatic nitrogens is 2. The molecule has 1 unspecified atom stereocenters. The zero-order chi connectivity index (χ0) is 13.4. The van der Waals surface area contributed by atoms with E-state index in [4.69, 9.17) is 15.6 Å². The number of nitrogens with two attached hydrogens (primary N) is 1. The SMILES string of the molecule is Nc1nc(=O)n([C@@H]2O[C@H](CO)C(O)[C@@H]2F)cc1I. The molecule has 7 nitrogen and oxygen atoms in total. The van der Waals surface area contributed by atoms with Crippen LogP contribution in [0.2, 0.25) is 0 Å². The lowest BCUT2D eigenvalue weighted by atomic mass is 10.1. The average Bonchev–Trinajstić information content (AvgIpc) is 2.61. The molecule has 18 heavy (non-hydrogen) atoms. The highest BCUT2D eigenvalue weighted by molar-refractivity contribution is 14.1. The summed E-state index contributed by atoms with van der Waals surface area (Å²) in [5.74, 6) is 0.0458. The normalized spacial score (nSPS) is 31.8. The third kappa shape index (κ3) is 2.22. The molecule has 9 heteroatoms. The van der Waals surface area contributed by atoms with Crippen LogP contribution in [0.15, 0.2) is 11.0 Å². The van der Waals surface area contributed by atoms with Crippen LogP contribution in [0.1, 0.15) is 6.23 Å². The fraction of sp³-hybridized carbons (Fsp3) is 0.556. The van der Waals surface area contributed by atoms with Gasteiger partial charge in [0.25, 0.3) is 0 Å². The van der Waals surface area contributed by atoms with Crippen LogP contribution in [0.3, 0.4) is 0 Å². The molecule has 0 aromatic carbocycles. The fourth-order valence-corrected chi connectivity index (χ4v) is 2.14. The van der Waals surface area contributed by atoms with Crippen molar-refractivity contribution in [2.75, 3.05) is 12.3 Å². The average molecular weight is 371 g/mol. The van der Waals surface area contributed by atoms with Gasteiger partial charge in [-0.15, -0.1) is 0 Å². The second-order valence-electron chi connectivity index (χ2n) is 3.85. The number of ether oxygens (including phenoxy) is 1. The van der Waals surface area contributed by atoms with Crippen molar-refractivity contribution in [3.05, 3.63) is 20.3 Å². The third-order valence-corrected chi connectivity index (χ3v) is 3.51. The summed E-state index contributed by atoms with van der Waals surface area (Å²) in [4.78, 5) is 15.1. The Hall–Kier alpha value is -0.780. The molecule has 1 aliphatic heterocycles. The number of halogens is 2. The van der Waals surface area contributed by atoms with Crippen LogP contribution in [-0.2, 0) is 4.74 Å². The van der Waals surface area contributed by atoms with E-state index in [9.17, 15) is 14.3 Å². The van der Waals surface area contributed by atoms with Gasteiger partial charge in [0.15, 0.2) is 12.4 Å². The maximum Gasteiger partial charge on any atom is 0.351 e. The van der Waals surface area contributed by atoms with Gasteiger partial charge in [-0.2, -0.15) is 4.98 Å². The minimum atomic E-state index is -1.82. The summed E-state index contributed by atoms with van der Waals surface area (Å²) < 4.78 is 20.3. The zero-order valence-corrected chi connectivity index (χ0v) is 11.2. The predicted octanol–water partition coefficient (Wildman–Crippen LogP) is -0.981. The molecule has 0 spiro atoms. The first kappa shape index (κ1) is 13.6. The number of aliphatic hydroxyl groups excluding tert-OH is 2. The van der Waals surface area contributed by atoms with E-state index in [0.29, 0.717) is 3.57 Å². The number of alkyl halides is 1. The number of hydrogen-bond donors (Lipinski definition) is 3. The van der Waals surface area contributed by atoms with Crippen molar-refractivity contribution in [3.63, 3.8) is 0 Å². The van der Waals surface area contributed by atoms with Gasteiger partial charge in [0.2, 0.25) is 0 Å². The van der Waals surface area contributed by atoms with Crippen LogP contribution < -0.4 is 11.4 Å². The largest absolute Gasteiger partial charge is 0.394 e. The molecule has 1 saturated heterocycles. The second kappa shape index (κ2) is 5.07. The molecule has 0 aliphatic carbocycles. The van der Waals surface area contributed by atoms with Crippen molar-refractivity contribution >= 4 is 28.4 Å². The Labute approximate surface area is 115 Å². The topological polar surface area (TPSA) is 111 Å². The number of hydrogen-bond acceptors (Lipinski definition) is 6. The second-order valence-corrected chi connectivity index (χ2v) is 5.01. The Balaban J connectivity index is 2.39. The van der Waals surface area contributed by atoms with E-state index in [1.807, 2.05) is 22.6 Å². The van der Waals surface area contributed by atoms with Crippen LogP contribution in [-0.4, -0.2) is 44.8 Å². The highest BCUT2D eigenvalue weighted by Gasteiger charge is 2.45. The zero-order valence-electron chi connectivity index (χ0n) is 9.03. The van der Waals surface area contributed by atoms with Crippen LogP contribution in [0.4, 0.5) is 10.2 Å². The lowest BCUT2D eigenvalue weighted by Crippen LogP contribution is -2.34. The summed E-state index contributed by atoms with van der Waals surface area (Å²) in [6.45, 7) is -0.535. The Kier molecular flexibility index (Phi) is 3.84. The first-order valence-corrected chi connectivity index (χ1v) is 6.16. The Morgan fingerprint density at radius 2 is 2.33 bits per heavy atom. The minimum Gasteiger partial charge on any atom is -0.394 e. The number of anilines is 1. The van der Waals surface area contributed by atoms with Crippen LogP contribution in [0.25, 0.3) is 0 Å². The van der Waals surface area contributed by atoms with Crippen LogP contribution >= 0.6 is 22.6 Å². The molecule has 0 amide bonds. The molecule has 100 valence electrons. The molecule has 1 aromatic rings. The molecule has 0 radical (unpaired) electrons. The van der Waals surface area contributed by atoms with Crippen molar-refractivity contribution in [3.8, 4) is 0 Å². The Bertz CT molecular complexity index is 511. The highest BCUT2D eigenvalue weighted by Crippen LogP contribution is 2.31. The van der Waals surface area contributed by atoms with Crippen molar-refractivity contribution in [1.82, 2.24) is 9.55 Å². The molecule has 2 heterocycles. The monoisotopic (exact) mass is 371 g/mol. The smallest absolute Gasteiger partial charge is 0.351 e. The van der Waals surface area contributed by atoms with E-state index in [-0.39, 0.29) is 5.82 Å². The third-order valence-electron chi connectivity index (χ3n) is 2.68. The minimum absolute atomic E-state index is 0.0458. The first-order chi connectivity index (χ1) is 8.45. The molecule has 0 bridgehead atoms. The molecule has 4 atom stereocenters. The fourth-order valence-electron chi connectivity index (χ4n) is 1.72.